The Hall–Kier alpha value is -0.930. The first kappa shape index (κ1) is 12.5. The van der Waals surface area contributed by atoms with Gasteiger partial charge in [-0.05, 0) is 45.8 Å². The van der Waals surface area contributed by atoms with E-state index in [-0.39, 0.29) is 5.82 Å². The summed E-state index contributed by atoms with van der Waals surface area (Å²) in [5, 5.41) is 10.4. The number of likely N-dealkylation sites (tertiary alicyclic amines) is 1. The number of aliphatic hydroxyl groups excluding tert-OH is 1. The van der Waals surface area contributed by atoms with Gasteiger partial charge in [0.25, 0.3) is 0 Å². The van der Waals surface area contributed by atoms with Crippen molar-refractivity contribution < 1.29 is 9.50 Å². The summed E-state index contributed by atoms with van der Waals surface area (Å²) in [6.07, 6.45) is 1.53. The Bertz CT molecular complexity index is 386. The van der Waals surface area contributed by atoms with Crippen molar-refractivity contribution in [3.8, 4) is 0 Å². The van der Waals surface area contributed by atoms with Crippen molar-refractivity contribution >= 4 is 0 Å². The van der Waals surface area contributed by atoms with Crippen LogP contribution in [0, 0.1) is 5.82 Å². The van der Waals surface area contributed by atoms with Crippen molar-refractivity contribution in [1.82, 2.24) is 4.90 Å². The fraction of sp³-hybridized carbons (Fsp3) is 0.571. The summed E-state index contributed by atoms with van der Waals surface area (Å²) < 4.78 is 13.7. The Labute approximate surface area is 102 Å². The Kier molecular flexibility index (Phi) is 3.50. The molecule has 2 nitrogen and oxygen atoms in total. The van der Waals surface area contributed by atoms with Crippen molar-refractivity contribution in [3.63, 3.8) is 0 Å². The zero-order valence-corrected chi connectivity index (χ0v) is 10.5. The van der Waals surface area contributed by atoms with Crippen molar-refractivity contribution in [2.24, 2.45) is 0 Å². The number of hydrogen-bond acceptors (Lipinski definition) is 2. The van der Waals surface area contributed by atoms with Crippen LogP contribution in [0.2, 0.25) is 0 Å². The maximum absolute atomic E-state index is 13.7. The Morgan fingerprint density at radius 1 is 1.24 bits per heavy atom. The van der Waals surface area contributed by atoms with E-state index in [0.717, 1.165) is 25.9 Å². The molecule has 1 aromatic rings. The van der Waals surface area contributed by atoms with Crippen LogP contribution in [0.3, 0.4) is 0 Å². The van der Waals surface area contributed by atoms with Gasteiger partial charge >= 0.3 is 0 Å². The van der Waals surface area contributed by atoms with Crippen molar-refractivity contribution in [1.29, 1.82) is 0 Å². The van der Waals surface area contributed by atoms with Crippen LogP contribution in [-0.2, 0) is 0 Å². The number of halogens is 1. The highest BCUT2D eigenvalue weighted by Crippen LogP contribution is 2.34. The van der Waals surface area contributed by atoms with Gasteiger partial charge in [-0.2, -0.15) is 0 Å². The summed E-state index contributed by atoms with van der Waals surface area (Å²) in [6.45, 7) is 5.93. The van der Waals surface area contributed by atoms with Crippen LogP contribution in [-0.4, -0.2) is 28.6 Å². The number of nitrogens with zero attached hydrogens (tertiary/aromatic N) is 1. The van der Waals surface area contributed by atoms with Gasteiger partial charge in [0.05, 0.1) is 6.10 Å². The van der Waals surface area contributed by atoms with Crippen molar-refractivity contribution in [2.75, 3.05) is 13.1 Å². The minimum atomic E-state index is -0.790. The van der Waals surface area contributed by atoms with Crippen molar-refractivity contribution in [2.45, 2.75) is 38.3 Å². The van der Waals surface area contributed by atoms with Crippen LogP contribution in [0.5, 0.6) is 0 Å². The molecule has 0 bridgehead atoms. The molecular weight excluding hydrogens is 217 g/mol. The lowest BCUT2D eigenvalue weighted by atomic mass is 9.89. The van der Waals surface area contributed by atoms with Crippen LogP contribution < -0.4 is 0 Å². The third kappa shape index (κ3) is 2.35. The molecule has 0 aromatic heterocycles. The lowest BCUT2D eigenvalue weighted by Crippen LogP contribution is -2.47. The summed E-state index contributed by atoms with van der Waals surface area (Å²) in [7, 11) is 0. The Morgan fingerprint density at radius 2 is 1.82 bits per heavy atom. The van der Waals surface area contributed by atoms with E-state index in [1.807, 2.05) is 13.8 Å². The van der Waals surface area contributed by atoms with E-state index < -0.39 is 11.6 Å². The average Bonchev–Trinajstić information content (AvgIpc) is 2.83. The molecule has 1 unspecified atom stereocenters. The number of benzene rings is 1. The highest BCUT2D eigenvalue weighted by atomic mass is 19.1. The maximum atomic E-state index is 13.7. The molecule has 1 atom stereocenters. The Balaban J connectivity index is 2.24. The summed E-state index contributed by atoms with van der Waals surface area (Å²) in [5.41, 5.74) is -0.0250. The molecule has 1 aromatic carbocycles. The normalized spacial score (nSPS) is 19.5. The van der Waals surface area contributed by atoms with Gasteiger partial charge in [-0.15, -0.1) is 0 Å². The zero-order valence-electron chi connectivity index (χ0n) is 10.5. The third-order valence-corrected chi connectivity index (χ3v) is 3.79. The predicted octanol–water partition coefficient (Wildman–Crippen LogP) is 2.73. The van der Waals surface area contributed by atoms with Gasteiger partial charge in [-0.1, -0.05) is 18.2 Å². The minimum absolute atomic E-state index is 0.327. The van der Waals surface area contributed by atoms with Crippen LogP contribution >= 0.6 is 0 Å². The first-order chi connectivity index (χ1) is 8.03. The van der Waals surface area contributed by atoms with Crippen LogP contribution in [0.25, 0.3) is 0 Å². The minimum Gasteiger partial charge on any atom is -0.386 e. The average molecular weight is 237 g/mol. The molecule has 1 N–H and O–H groups in total. The number of hydrogen-bond donors (Lipinski definition) is 1. The van der Waals surface area contributed by atoms with Crippen LogP contribution in [0.15, 0.2) is 24.3 Å². The standard InChI is InChI=1S/C14H20FNO/c1-14(2,16-9-5-6-10-16)13(17)11-7-3-4-8-12(11)15/h3-4,7-8,13,17H,5-6,9-10H2,1-2H3. The zero-order chi connectivity index (χ0) is 12.5. The van der Waals surface area contributed by atoms with Gasteiger partial charge in [0.2, 0.25) is 0 Å². The van der Waals surface area contributed by atoms with E-state index >= 15 is 0 Å². The lowest BCUT2D eigenvalue weighted by Gasteiger charge is -2.39. The molecule has 0 spiro atoms. The first-order valence-electron chi connectivity index (χ1n) is 6.21. The van der Waals surface area contributed by atoms with Gasteiger partial charge in [0, 0.05) is 11.1 Å². The number of rotatable bonds is 3. The molecule has 1 heterocycles. The molecule has 1 aliphatic heterocycles. The summed E-state index contributed by atoms with van der Waals surface area (Å²) in [4.78, 5) is 2.24. The monoisotopic (exact) mass is 237 g/mol. The van der Waals surface area contributed by atoms with Crippen LogP contribution in [0.4, 0.5) is 4.39 Å². The first-order valence-corrected chi connectivity index (χ1v) is 6.21. The molecule has 0 saturated carbocycles. The van der Waals surface area contributed by atoms with Gasteiger partial charge in [-0.25, -0.2) is 4.39 Å². The molecule has 94 valence electrons. The molecule has 0 amide bonds. The second kappa shape index (κ2) is 4.75. The van der Waals surface area contributed by atoms with E-state index in [2.05, 4.69) is 4.90 Å². The predicted molar refractivity (Wildman–Crippen MR) is 66.2 cm³/mol. The number of aliphatic hydroxyl groups is 1. The third-order valence-electron chi connectivity index (χ3n) is 3.79. The summed E-state index contributed by atoms with van der Waals surface area (Å²) in [5.74, 6) is -0.327. The molecule has 0 radical (unpaired) electrons. The van der Waals surface area contributed by atoms with E-state index in [1.54, 1.807) is 18.2 Å². The molecule has 17 heavy (non-hydrogen) atoms. The van der Waals surface area contributed by atoms with Crippen molar-refractivity contribution in [3.05, 3.63) is 35.6 Å². The topological polar surface area (TPSA) is 23.5 Å². The highest BCUT2D eigenvalue weighted by Gasteiger charge is 2.37. The fourth-order valence-electron chi connectivity index (χ4n) is 2.54. The highest BCUT2D eigenvalue weighted by molar-refractivity contribution is 5.22. The summed E-state index contributed by atoms with van der Waals surface area (Å²) in [6, 6.07) is 6.48. The molecular formula is C14H20FNO. The molecule has 1 aliphatic rings. The Morgan fingerprint density at radius 3 is 2.41 bits per heavy atom. The van der Waals surface area contributed by atoms with E-state index in [1.165, 1.54) is 6.07 Å². The lowest BCUT2D eigenvalue weighted by molar-refractivity contribution is -0.000657. The quantitative estimate of drug-likeness (QED) is 0.873. The van der Waals surface area contributed by atoms with Crippen LogP contribution in [0.1, 0.15) is 38.4 Å². The molecule has 0 aliphatic carbocycles. The SMILES string of the molecule is CC(C)(C(O)c1ccccc1F)N1CCCC1. The molecule has 3 heteroatoms. The van der Waals surface area contributed by atoms with Gasteiger partial charge < -0.3 is 5.11 Å². The molecule has 1 saturated heterocycles. The fourth-order valence-corrected chi connectivity index (χ4v) is 2.54. The second-order valence-corrected chi connectivity index (χ2v) is 5.27. The van der Waals surface area contributed by atoms with E-state index in [9.17, 15) is 9.50 Å². The smallest absolute Gasteiger partial charge is 0.129 e. The molecule has 1 fully saturated rings. The second-order valence-electron chi connectivity index (χ2n) is 5.27. The largest absolute Gasteiger partial charge is 0.386 e. The summed E-state index contributed by atoms with van der Waals surface area (Å²) >= 11 is 0. The molecule has 2 rings (SSSR count). The van der Waals surface area contributed by atoms with Gasteiger partial charge in [0.1, 0.15) is 5.82 Å². The van der Waals surface area contributed by atoms with Gasteiger partial charge in [0.15, 0.2) is 0 Å². The van der Waals surface area contributed by atoms with E-state index in [0.29, 0.717) is 5.56 Å². The van der Waals surface area contributed by atoms with E-state index in [4.69, 9.17) is 0 Å². The maximum Gasteiger partial charge on any atom is 0.129 e. The van der Waals surface area contributed by atoms with Gasteiger partial charge in [-0.3, -0.25) is 4.90 Å².